The maximum atomic E-state index is 13.9. The molecule has 108 valence electrons. The van der Waals surface area contributed by atoms with Crippen LogP contribution in [0.5, 0.6) is 0 Å². The van der Waals surface area contributed by atoms with Crippen molar-refractivity contribution in [2.45, 2.75) is 12.6 Å². The Morgan fingerprint density at radius 3 is 2.65 bits per heavy atom. The van der Waals surface area contributed by atoms with Crippen molar-refractivity contribution in [1.29, 1.82) is 0 Å². The summed E-state index contributed by atoms with van der Waals surface area (Å²) in [5, 5.41) is 10.1. The molecular weight excluding hydrogens is 278 g/mol. The molecule has 1 heterocycles. The third-order valence-corrected chi connectivity index (χ3v) is 2.59. The average Bonchev–Trinajstić information content (AvgIpc) is 2.83. The molecular formula is C12H11F4N3O. The van der Waals surface area contributed by atoms with E-state index in [0.717, 1.165) is 6.07 Å². The maximum Gasteiger partial charge on any atom is 0.419 e. The third-order valence-electron chi connectivity index (χ3n) is 2.59. The largest absolute Gasteiger partial charge is 0.421 e. The van der Waals surface area contributed by atoms with Crippen molar-refractivity contribution in [3.63, 3.8) is 0 Å². The van der Waals surface area contributed by atoms with Gasteiger partial charge in [0.1, 0.15) is 5.82 Å². The molecule has 0 unspecified atom stereocenters. The quantitative estimate of drug-likeness (QED) is 0.879. The maximum absolute atomic E-state index is 13.9. The minimum Gasteiger partial charge on any atom is -0.421 e. The zero-order valence-electron chi connectivity index (χ0n) is 10.5. The number of alkyl halides is 3. The molecule has 0 spiro atoms. The highest BCUT2D eigenvalue weighted by Gasteiger charge is 2.35. The van der Waals surface area contributed by atoms with E-state index in [4.69, 9.17) is 4.42 Å². The van der Waals surface area contributed by atoms with Gasteiger partial charge in [-0.3, -0.25) is 0 Å². The third kappa shape index (κ3) is 2.96. The summed E-state index contributed by atoms with van der Waals surface area (Å²) in [5.41, 5.74) is -1.71. The number of hydrogen-bond donors (Lipinski definition) is 1. The Kier molecular flexibility index (Phi) is 4.03. The summed E-state index contributed by atoms with van der Waals surface area (Å²) >= 11 is 0. The summed E-state index contributed by atoms with van der Waals surface area (Å²) < 4.78 is 56.8. The molecule has 2 rings (SSSR count). The predicted octanol–water partition coefficient (Wildman–Crippen LogP) is 2.66. The fraction of sp³-hybridized carbons (Fsp3) is 0.333. The van der Waals surface area contributed by atoms with E-state index in [9.17, 15) is 17.6 Å². The predicted molar refractivity (Wildman–Crippen MR) is 62.3 cm³/mol. The molecule has 2 aromatic rings. The highest BCUT2D eigenvalue weighted by molar-refractivity contribution is 5.55. The smallest absolute Gasteiger partial charge is 0.419 e. The van der Waals surface area contributed by atoms with E-state index in [1.165, 1.54) is 6.07 Å². The monoisotopic (exact) mass is 289 g/mol. The molecule has 0 radical (unpaired) electrons. The molecule has 0 atom stereocenters. The van der Waals surface area contributed by atoms with Crippen LogP contribution in [0.25, 0.3) is 11.5 Å². The van der Waals surface area contributed by atoms with Crippen molar-refractivity contribution in [3.8, 4) is 11.5 Å². The molecule has 1 aromatic heterocycles. The number of benzene rings is 1. The van der Waals surface area contributed by atoms with Gasteiger partial charge in [0.05, 0.1) is 11.1 Å². The molecule has 4 nitrogen and oxygen atoms in total. The Morgan fingerprint density at radius 2 is 2.00 bits per heavy atom. The first-order valence-electron chi connectivity index (χ1n) is 5.76. The summed E-state index contributed by atoms with van der Waals surface area (Å²) in [6, 6.07) is 2.93. The molecule has 20 heavy (non-hydrogen) atoms. The molecule has 0 bridgehead atoms. The van der Waals surface area contributed by atoms with Crippen molar-refractivity contribution < 1.29 is 22.0 Å². The van der Waals surface area contributed by atoms with Gasteiger partial charge in [0.25, 0.3) is 5.89 Å². The van der Waals surface area contributed by atoms with E-state index in [-0.39, 0.29) is 17.3 Å². The lowest BCUT2D eigenvalue weighted by Crippen LogP contribution is -2.10. The summed E-state index contributed by atoms with van der Waals surface area (Å²) in [4.78, 5) is 0. The van der Waals surface area contributed by atoms with Crippen LogP contribution in [0.1, 0.15) is 11.5 Å². The van der Waals surface area contributed by atoms with Crippen molar-refractivity contribution >= 4 is 0 Å². The van der Waals surface area contributed by atoms with Crippen LogP contribution in [-0.4, -0.2) is 23.8 Å². The minimum absolute atomic E-state index is 0.228. The van der Waals surface area contributed by atoms with Crippen LogP contribution in [0.15, 0.2) is 22.6 Å². The Bertz CT molecular complexity index is 595. The van der Waals surface area contributed by atoms with Crippen LogP contribution in [-0.2, 0) is 12.6 Å². The first-order valence-corrected chi connectivity index (χ1v) is 5.76. The first-order chi connectivity index (χ1) is 9.43. The van der Waals surface area contributed by atoms with E-state index in [0.29, 0.717) is 19.0 Å². The van der Waals surface area contributed by atoms with Gasteiger partial charge in [-0.15, -0.1) is 10.2 Å². The van der Waals surface area contributed by atoms with Crippen LogP contribution < -0.4 is 5.32 Å². The highest BCUT2D eigenvalue weighted by Crippen LogP contribution is 2.35. The van der Waals surface area contributed by atoms with E-state index < -0.39 is 17.6 Å². The number of nitrogens with one attached hydrogen (secondary N) is 1. The highest BCUT2D eigenvalue weighted by atomic mass is 19.4. The van der Waals surface area contributed by atoms with Crippen LogP contribution in [0.4, 0.5) is 17.6 Å². The van der Waals surface area contributed by atoms with Crippen LogP contribution in [0.2, 0.25) is 0 Å². The fourth-order valence-corrected chi connectivity index (χ4v) is 1.61. The van der Waals surface area contributed by atoms with Gasteiger partial charge < -0.3 is 9.73 Å². The standard InChI is InChI=1S/C12H11F4N3O/c1-17-6-5-9-18-19-11(20-9)7-3-2-4-8(10(7)13)12(14,15)16/h2-4,17H,5-6H2,1H3. The Morgan fingerprint density at radius 1 is 1.25 bits per heavy atom. The lowest BCUT2D eigenvalue weighted by Gasteiger charge is -2.09. The van der Waals surface area contributed by atoms with E-state index in [1.807, 2.05) is 0 Å². The second-order valence-corrected chi connectivity index (χ2v) is 4.02. The molecule has 0 amide bonds. The molecule has 0 aliphatic carbocycles. The van der Waals surface area contributed by atoms with Crippen molar-refractivity contribution in [2.75, 3.05) is 13.6 Å². The van der Waals surface area contributed by atoms with Gasteiger partial charge >= 0.3 is 6.18 Å². The Balaban J connectivity index is 2.36. The van der Waals surface area contributed by atoms with Crippen LogP contribution in [0.3, 0.4) is 0 Å². The number of aromatic nitrogens is 2. The Labute approximate surface area is 111 Å². The minimum atomic E-state index is -4.77. The van der Waals surface area contributed by atoms with E-state index in [2.05, 4.69) is 15.5 Å². The second kappa shape index (κ2) is 5.58. The van der Waals surface area contributed by atoms with Crippen molar-refractivity contribution in [1.82, 2.24) is 15.5 Å². The SMILES string of the molecule is CNCCc1nnc(-c2cccc(C(F)(F)F)c2F)o1. The van der Waals surface area contributed by atoms with Crippen LogP contribution >= 0.6 is 0 Å². The van der Waals surface area contributed by atoms with Gasteiger partial charge in [-0.25, -0.2) is 4.39 Å². The number of rotatable bonds is 4. The van der Waals surface area contributed by atoms with E-state index in [1.54, 1.807) is 7.05 Å². The lowest BCUT2D eigenvalue weighted by atomic mass is 10.1. The van der Waals surface area contributed by atoms with Gasteiger partial charge in [0, 0.05) is 13.0 Å². The molecule has 1 aromatic carbocycles. The molecule has 0 saturated carbocycles. The number of likely N-dealkylation sites (N-methyl/N-ethyl adjacent to an activating group) is 1. The molecule has 0 saturated heterocycles. The molecule has 0 aliphatic rings. The lowest BCUT2D eigenvalue weighted by molar-refractivity contribution is -0.139. The summed E-state index contributed by atoms with van der Waals surface area (Å²) in [6.45, 7) is 0.562. The van der Waals surface area contributed by atoms with Gasteiger partial charge in [0.2, 0.25) is 5.89 Å². The molecule has 8 heteroatoms. The number of nitrogens with zero attached hydrogens (tertiary/aromatic N) is 2. The van der Waals surface area contributed by atoms with Crippen molar-refractivity contribution in [2.24, 2.45) is 0 Å². The topological polar surface area (TPSA) is 51.0 Å². The number of halogens is 4. The van der Waals surface area contributed by atoms with E-state index >= 15 is 0 Å². The summed E-state index contributed by atoms with van der Waals surface area (Å²) in [5.74, 6) is -1.45. The van der Waals surface area contributed by atoms with Crippen LogP contribution in [0, 0.1) is 5.82 Å². The molecule has 0 fully saturated rings. The zero-order valence-corrected chi connectivity index (χ0v) is 10.5. The normalized spacial score (nSPS) is 11.8. The van der Waals surface area contributed by atoms with Gasteiger partial charge in [-0.2, -0.15) is 13.2 Å². The number of hydrogen-bond acceptors (Lipinski definition) is 4. The average molecular weight is 289 g/mol. The van der Waals surface area contributed by atoms with Gasteiger partial charge in [-0.1, -0.05) is 6.07 Å². The second-order valence-electron chi connectivity index (χ2n) is 4.02. The summed E-state index contributed by atoms with van der Waals surface area (Å²) in [6.07, 6.45) is -4.36. The van der Waals surface area contributed by atoms with Gasteiger partial charge in [-0.05, 0) is 19.2 Å². The molecule has 0 aliphatic heterocycles. The first kappa shape index (κ1) is 14.4. The van der Waals surface area contributed by atoms with Crippen molar-refractivity contribution in [3.05, 3.63) is 35.5 Å². The zero-order chi connectivity index (χ0) is 14.8. The summed E-state index contributed by atoms with van der Waals surface area (Å²) in [7, 11) is 1.73. The molecule has 1 N–H and O–H groups in total. The fourth-order valence-electron chi connectivity index (χ4n) is 1.61. The Hall–Kier alpha value is -1.96. The van der Waals surface area contributed by atoms with Gasteiger partial charge in [0.15, 0.2) is 0 Å².